The Morgan fingerprint density at radius 2 is 1.32 bits per heavy atom. The van der Waals surface area contributed by atoms with Crippen molar-refractivity contribution in [2.45, 2.75) is 106 Å². The fourth-order valence-electron chi connectivity index (χ4n) is 3.53. The molecule has 0 aliphatic rings. The summed E-state index contributed by atoms with van der Waals surface area (Å²) >= 11 is 0. The number of hydrogen-bond acceptors (Lipinski definition) is 10. The summed E-state index contributed by atoms with van der Waals surface area (Å²) in [6.45, 7) is 14.5. The minimum absolute atomic E-state index is 0.0654. The number of ether oxygens (including phenoxy) is 5. The van der Waals surface area contributed by atoms with Gasteiger partial charge in [-0.1, -0.05) is 60.5 Å². The molecule has 3 unspecified atom stereocenters. The van der Waals surface area contributed by atoms with Crippen molar-refractivity contribution in [1.29, 1.82) is 0 Å². The van der Waals surface area contributed by atoms with Crippen molar-refractivity contribution in [3.05, 3.63) is 23.8 Å². The second kappa shape index (κ2) is 17.5. The van der Waals surface area contributed by atoms with E-state index in [0.29, 0.717) is 18.4 Å². The minimum atomic E-state index is -1.05. The van der Waals surface area contributed by atoms with E-state index in [4.69, 9.17) is 29.4 Å². The van der Waals surface area contributed by atoms with Crippen LogP contribution in [0.4, 0.5) is 4.79 Å². The number of carbonyl (C=O) groups excluding carboxylic acids is 4. The van der Waals surface area contributed by atoms with E-state index >= 15 is 0 Å². The number of esters is 3. The van der Waals surface area contributed by atoms with E-state index < -0.39 is 36.2 Å². The van der Waals surface area contributed by atoms with Gasteiger partial charge in [0.1, 0.15) is 24.9 Å². The second-order valence-electron chi connectivity index (χ2n) is 10.7. The average molecular weight is 566 g/mol. The molecule has 40 heavy (non-hydrogen) atoms. The zero-order valence-corrected chi connectivity index (χ0v) is 25.2. The van der Waals surface area contributed by atoms with E-state index in [9.17, 15) is 19.2 Å². The fourth-order valence-corrected chi connectivity index (χ4v) is 3.53. The first-order valence-corrected chi connectivity index (χ1v) is 14.1. The van der Waals surface area contributed by atoms with Gasteiger partial charge in [0, 0.05) is 0 Å². The fraction of sp³-hybridized carbons (Fsp3) is 0.667. The highest BCUT2D eigenvalue weighted by atomic mass is 16.7. The lowest BCUT2D eigenvalue weighted by atomic mass is 10.0. The van der Waals surface area contributed by atoms with Gasteiger partial charge in [0.15, 0.2) is 11.5 Å². The van der Waals surface area contributed by atoms with Crippen LogP contribution in [0.5, 0.6) is 11.5 Å². The number of rotatable bonds is 16. The van der Waals surface area contributed by atoms with Gasteiger partial charge >= 0.3 is 24.1 Å². The molecule has 226 valence electrons. The molecule has 2 N–H and O–H groups in total. The van der Waals surface area contributed by atoms with E-state index in [1.54, 1.807) is 33.8 Å². The molecule has 0 spiro atoms. The molecule has 0 fully saturated rings. The third-order valence-electron chi connectivity index (χ3n) is 6.41. The van der Waals surface area contributed by atoms with Crippen LogP contribution >= 0.6 is 0 Å². The maximum atomic E-state index is 12.6. The Morgan fingerprint density at radius 1 is 0.775 bits per heavy atom. The van der Waals surface area contributed by atoms with Gasteiger partial charge in [0.25, 0.3) is 0 Å². The molecule has 1 aromatic carbocycles. The van der Waals surface area contributed by atoms with Crippen LogP contribution in [0, 0.1) is 17.8 Å². The maximum absolute atomic E-state index is 12.6. The standard InChI is InChI=1S/C30H47NO9/c1-9-11-19(5)27(32)39-25-14-13-23(16-26(25)40-28(33)20(6)12-10-2)15-24(31)29(34)37-21(7)17-36-30(35)38-22(8)18(3)4/h13-14,16,18-22,24H,9-12,15,17,31H2,1-8H3/t19?,20?,21-,22?,24-/m0/s1. The predicted octanol–water partition coefficient (Wildman–Crippen LogP) is 5.37. The first kappa shape index (κ1) is 34.9. The molecule has 0 saturated heterocycles. The third-order valence-corrected chi connectivity index (χ3v) is 6.41. The van der Waals surface area contributed by atoms with Crippen LogP contribution < -0.4 is 15.2 Å². The summed E-state index contributed by atoms with van der Waals surface area (Å²) < 4.78 is 26.6. The Labute approximate surface area is 238 Å². The van der Waals surface area contributed by atoms with Gasteiger partial charge in [-0.05, 0) is 56.7 Å². The van der Waals surface area contributed by atoms with Gasteiger partial charge in [0.2, 0.25) is 0 Å². The molecule has 10 heteroatoms. The normalized spacial score (nSPS) is 14.8. The van der Waals surface area contributed by atoms with E-state index in [0.717, 1.165) is 12.8 Å². The monoisotopic (exact) mass is 565 g/mol. The van der Waals surface area contributed by atoms with Crippen molar-refractivity contribution in [3.8, 4) is 11.5 Å². The van der Waals surface area contributed by atoms with Crippen molar-refractivity contribution >= 4 is 24.1 Å². The third kappa shape index (κ3) is 12.4. The van der Waals surface area contributed by atoms with E-state index in [1.165, 1.54) is 12.1 Å². The zero-order chi connectivity index (χ0) is 30.4. The Hall–Kier alpha value is -3.14. The summed E-state index contributed by atoms with van der Waals surface area (Å²) in [6, 6.07) is 3.66. The van der Waals surface area contributed by atoms with Crippen LogP contribution in [0.3, 0.4) is 0 Å². The van der Waals surface area contributed by atoms with E-state index in [-0.39, 0.29) is 48.4 Å². The van der Waals surface area contributed by atoms with Crippen LogP contribution in [0.2, 0.25) is 0 Å². The molecular formula is C30H47NO9. The molecule has 0 radical (unpaired) electrons. The van der Waals surface area contributed by atoms with Crippen molar-refractivity contribution < 1.29 is 42.9 Å². The lowest BCUT2D eigenvalue weighted by Gasteiger charge is -2.19. The Morgan fingerprint density at radius 3 is 1.85 bits per heavy atom. The summed E-state index contributed by atoms with van der Waals surface area (Å²) in [5, 5.41) is 0. The van der Waals surface area contributed by atoms with Crippen LogP contribution in [0.1, 0.15) is 86.6 Å². The number of hydrogen-bond donors (Lipinski definition) is 1. The average Bonchev–Trinajstić information content (AvgIpc) is 2.88. The highest BCUT2D eigenvalue weighted by molar-refractivity contribution is 5.79. The summed E-state index contributed by atoms with van der Waals surface area (Å²) in [6.07, 6.45) is 1.12. The second-order valence-corrected chi connectivity index (χ2v) is 10.7. The highest BCUT2D eigenvalue weighted by Crippen LogP contribution is 2.31. The van der Waals surface area contributed by atoms with E-state index in [1.807, 2.05) is 27.7 Å². The van der Waals surface area contributed by atoms with Crippen molar-refractivity contribution in [1.82, 2.24) is 0 Å². The molecule has 0 bridgehead atoms. The Balaban J connectivity index is 2.89. The molecule has 0 heterocycles. The van der Waals surface area contributed by atoms with Crippen LogP contribution in [0.25, 0.3) is 0 Å². The largest absolute Gasteiger partial charge is 0.508 e. The first-order chi connectivity index (χ1) is 18.8. The molecule has 0 aromatic heterocycles. The Bertz CT molecular complexity index is 978. The molecule has 1 rings (SSSR count). The van der Waals surface area contributed by atoms with Gasteiger partial charge in [-0.15, -0.1) is 0 Å². The van der Waals surface area contributed by atoms with Gasteiger partial charge < -0.3 is 29.4 Å². The highest BCUT2D eigenvalue weighted by Gasteiger charge is 2.24. The SMILES string of the molecule is CCCC(C)C(=O)Oc1ccc(C[C@H](N)C(=O)O[C@@H](C)COC(=O)OC(C)C(C)C)cc1OC(=O)C(C)CCC. The van der Waals surface area contributed by atoms with Crippen molar-refractivity contribution in [2.75, 3.05) is 6.61 Å². The lowest BCUT2D eigenvalue weighted by molar-refractivity contribution is -0.152. The molecule has 0 aliphatic carbocycles. The van der Waals surface area contributed by atoms with Crippen molar-refractivity contribution in [3.63, 3.8) is 0 Å². The van der Waals surface area contributed by atoms with Gasteiger partial charge in [0.05, 0.1) is 11.8 Å². The summed E-state index contributed by atoms with van der Waals surface area (Å²) in [4.78, 5) is 49.5. The lowest BCUT2D eigenvalue weighted by Crippen LogP contribution is -2.37. The molecule has 5 atom stereocenters. The number of carbonyl (C=O) groups is 4. The Kier molecular flexibility index (Phi) is 15.3. The summed E-state index contributed by atoms with van der Waals surface area (Å²) in [5.74, 6) is -1.89. The number of benzene rings is 1. The molecular weight excluding hydrogens is 518 g/mol. The van der Waals surface area contributed by atoms with Crippen LogP contribution in [0.15, 0.2) is 18.2 Å². The quantitative estimate of drug-likeness (QED) is 0.205. The molecule has 10 nitrogen and oxygen atoms in total. The van der Waals surface area contributed by atoms with Crippen LogP contribution in [-0.2, 0) is 35.0 Å². The summed E-state index contributed by atoms with van der Waals surface area (Å²) in [7, 11) is 0. The predicted molar refractivity (Wildman–Crippen MR) is 150 cm³/mol. The molecule has 1 aromatic rings. The number of nitrogens with two attached hydrogens (primary N) is 1. The van der Waals surface area contributed by atoms with Crippen LogP contribution in [-0.4, -0.2) is 48.9 Å². The van der Waals surface area contributed by atoms with E-state index in [2.05, 4.69) is 0 Å². The zero-order valence-electron chi connectivity index (χ0n) is 25.2. The molecule has 0 aliphatic heterocycles. The molecule has 0 amide bonds. The summed E-state index contributed by atoms with van der Waals surface area (Å²) in [5.41, 5.74) is 6.66. The minimum Gasteiger partial charge on any atom is -0.458 e. The molecule has 0 saturated carbocycles. The van der Waals surface area contributed by atoms with Crippen molar-refractivity contribution in [2.24, 2.45) is 23.5 Å². The smallest absolute Gasteiger partial charge is 0.458 e. The first-order valence-electron chi connectivity index (χ1n) is 14.1. The topological polar surface area (TPSA) is 140 Å². The maximum Gasteiger partial charge on any atom is 0.508 e. The van der Waals surface area contributed by atoms with Gasteiger partial charge in [-0.2, -0.15) is 0 Å². The van der Waals surface area contributed by atoms with Gasteiger partial charge in [-0.25, -0.2) is 4.79 Å². The van der Waals surface area contributed by atoms with Gasteiger partial charge in [-0.3, -0.25) is 14.4 Å².